The molecule has 0 aliphatic carbocycles. The summed E-state index contributed by atoms with van der Waals surface area (Å²) in [6.07, 6.45) is 0. The topological polar surface area (TPSA) is 0 Å². The van der Waals surface area contributed by atoms with Crippen LogP contribution in [0.5, 0.6) is 0 Å². The lowest BCUT2D eigenvalue weighted by Crippen LogP contribution is -1.94. The second kappa shape index (κ2) is 10.9. The fourth-order valence-corrected chi connectivity index (χ4v) is 8.10. The normalized spacial score (nSPS) is 11.8. The van der Waals surface area contributed by atoms with E-state index in [9.17, 15) is 4.39 Å². The van der Waals surface area contributed by atoms with E-state index < -0.39 is 0 Å². The Balaban J connectivity index is 1.42. The van der Waals surface area contributed by atoms with E-state index in [1.165, 1.54) is 86.9 Å². The molecule has 0 heterocycles. The molecule has 0 fully saturated rings. The number of fused-ring (bicyclic) bond motifs is 8. The van der Waals surface area contributed by atoms with Gasteiger partial charge in [0.1, 0.15) is 5.82 Å². The van der Waals surface area contributed by atoms with Gasteiger partial charge >= 0.3 is 0 Å². The third-order valence-electron chi connectivity index (χ3n) is 10.3. The van der Waals surface area contributed by atoms with Gasteiger partial charge in [-0.3, -0.25) is 0 Å². The molecule has 49 heavy (non-hydrogen) atoms. The number of hydrogen-bond donors (Lipinski definition) is 0. The zero-order chi connectivity index (χ0) is 32.5. The summed E-state index contributed by atoms with van der Waals surface area (Å²) in [5.74, 6) is -0.232. The summed E-state index contributed by atoms with van der Waals surface area (Å²) in [6, 6.07) is 62.2. The van der Waals surface area contributed by atoms with E-state index in [1.54, 1.807) is 12.1 Å². The average molecular weight is 625 g/mol. The summed E-state index contributed by atoms with van der Waals surface area (Å²) >= 11 is 0. The van der Waals surface area contributed by atoms with Gasteiger partial charge in [-0.1, -0.05) is 146 Å². The first-order chi connectivity index (χ1) is 24.2. The Labute approximate surface area is 283 Å². The number of halogens is 1. The van der Waals surface area contributed by atoms with Gasteiger partial charge in [0.05, 0.1) is 0 Å². The van der Waals surface area contributed by atoms with E-state index in [2.05, 4.69) is 152 Å². The highest BCUT2D eigenvalue weighted by Gasteiger charge is 2.21. The van der Waals surface area contributed by atoms with Crippen molar-refractivity contribution in [1.82, 2.24) is 0 Å². The van der Waals surface area contributed by atoms with Crippen LogP contribution in [0.3, 0.4) is 0 Å². The molecular weight excluding hydrogens is 596 g/mol. The van der Waals surface area contributed by atoms with Crippen molar-refractivity contribution in [3.63, 3.8) is 0 Å². The van der Waals surface area contributed by atoms with Gasteiger partial charge in [0.2, 0.25) is 0 Å². The van der Waals surface area contributed by atoms with Gasteiger partial charge in [0.15, 0.2) is 0 Å². The second-order valence-electron chi connectivity index (χ2n) is 12.9. The van der Waals surface area contributed by atoms with E-state index in [1.807, 2.05) is 12.1 Å². The van der Waals surface area contributed by atoms with Crippen LogP contribution in [0.15, 0.2) is 176 Å². The fraction of sp³-hybridized carbons (Fsp3) is 0. The van der Waals surface area contributed by atoms with Crippen molar-refractivity contribution in [2.45, 2.75) is 0 Å². The predicted molar refractivity (Wildman–Crippen MR) is 208 cm³/mol. The third kappa shape index (κ3) is 4.29. The van der Waals surface area contributed by atoms with Crippen molar-refractivity contribution in [2.75, 3.05) is 0 Å². The molecule has 0 radical (unpaired) electrons. The van der Waals surface area contributed by atoms with Crippen LogP contribution >= 0.6 is 0 Å². The van der Waals surface area contributed by atoms with Gasteiger partial charge < -0.3 is 0 Å². The molecule has 10 rings (SSSR count). The lowest BCUT2D eigenvalue weighted by Gasteiger charge is -2.21. The molecule has 0 spiro atoms. The Kier molecular flexibility index (Phi) is 6.16. The lowest BCUT2D eigenvalue weighted by atomic mass is 9.81. The monoisotopic (exact) mass is 624 g/mol. The minimum absolute atomic E-state index is 0.232. The SMILES string of the molecule is Fc1ccc(-c2ccc3c(-c4cc5ccccc5c5ccccc45)c4ccccc4c(-c4cc5ccccc5c5ccccc45)c3c2)cc1. The molecule has 0 aromatic heterocycles. The summed E-state index contributed by atoms with van der Waals surface area (Å²) in [7, 11) is 0. The van der Waals surface area contributed by atoms with Crippen molar-refractivity contribution in [3.8, 4) is 33.4 Å². The van der Waals surface area contributed by atoms with Gasteiger partial charge in [-0.05, 0) is 128 Å². The Morgan fingerprint density at radius 3 is 1.18 bits per heavy atom. The van der Waals surface area contributed by atoms with Crippen LogP contribution < -0.4 is 0 Å². The molecule has 0 nitrogen and oxygen atoms in total. The largest absolute Gasteiger partial charge is 0.207 e. The molecule has 0 amide bonds. The summed E-state index contributed by atoms with van der Waals surface area (Å²) in [5, 5.41) is 14.7. The Bertz CT molecular complexity index is 2930. The van der Waals surface area contributed by atoms with E-state index >= 15 is 0 Å². The summed E-state index contributed by atoms with van der Waals surface area (Å²) in [6.45, 7) is 0. The molecule has 10 aromatic rings. The molecule has 0 saturated heterocycles. The minimum atomic E-state index is -0.232. The molecule has 0 bridgehead atoms. The second-order valence-corrected chi connectivity index (χ2v) is 12.9. The van der Waals surface area contributed by atoms with Crippen molar-refractivity contribution in [3.05, 3.63) is 182 Å². The van der Waals surface area contributed by atoms with Crippen LogP contribution in [-0.2, 0) is 0 Å². The number of rotatable bonds is 3. The van der Waals surface area contributed by atoms with Crippen LogP contribution in [0.1, 0.15) is 0 Å². The molecule has 0 aliphatic heterocycles. The average Bonchev–Trinajstić information content (AvgIpc) is 3.16. The number of hydrogen-bond acceptors (Lipinski definition) is 0. The van der Waals surface area contributed by atoms with Crippen molar-refractivity contribution >= 4 is 64.6 Å². The maximum atomic E-state index is 14.1. The first-order valence-corrected chi connectivity index (χ1v) is 16.8. The molecule has 0 atom stereocenters. The molecule has 0 unspecified atom stereocenters. The zero-order valence-electron chi connectivity index (χ0n) is 26.6. The maximum Gasteiger partial charge on any atom is 0.123 e. The van der Waals surface area contributed by atoms with Gasteiger partial charge in [0.25, 0.3) is 0 Å². The zero-order valence-corrected chi connectivity index (χ0v) is 26.6. The summed E-state index contributed by atoms with van der Waals surface area (Å²) in [4.78, 5) is 0. The molecule has 0 N–H and O–H groups in total. The van der Waals surface area contributed by atoms with Crippen molar-refractivity contribution < 1.29 is 4.39 Å². The van der Waals surface area contributed by atoms with E-state index in [0.29, 0.717) is 0 Å². The molecule has 0 aliphatic rings. The smallest absolute Gasteiger partial charge is 0.123 e. The van der Waals surface area contributed by atoms with Gasteiger partial charge in [-0.15, -0.1) is 0 Å². The standard InChI is InChI=1S/C48H29F/c49-34-24-21-30(22-25-34)31-23-26-43-46(27-31)48(45-29-33-12-2-4-14-36(33)38-16-6-8-18-40(38)45)42-20-10-9-19-41(42)47(43)44-28-32-11-1-3-13-35(32)37-15-5-7-17-39(37)44/h1-29H. The van der Waals surface area contributed by atoms with Crippen molar-refractivity contribution in [1.29, 1.82) is 0 Å². The van der Waals surface area contributed by atoms with E-state index in [0.717, 1.165) is 11.1 Å². The van der Waals surface area contributed by atoms with Crippen LogP contribution in [0.25, 0.3) is 98.0 Å². The highest BCUT2D eigenvalue weighted by atomic mass is 19.1. The predicted octanol–water partition coefficient (Wildman–Crippen LogP) is 13.7. The number of benzene rings is 10. The first-order valence-electron chi connectivity index (χ1n) is 16.8. The summed E-state index contributed by atoms with van der Waals surface area (Å²) in [5.41, 5.74) is 6.92. The lowest BCUT2D eigenvalue weighted by molar-refractivity contribution is 0.628. The van der Waals surface area contributed by atoms with Crippen LogP contribution in [0, 0.1) is 5.82 Å². The van der Waals surface area contributed by atoms with Crippen LogP contribution in [0.2, 0.25) is 0 Å². The Morgan fingerprint density at radius 1 is 0.265 bits per heavy atom. The fourth-order valence-electron chi connectivity index (χ4n) is 8.10. The quantitative estimate of drug-likeness (QED) is 0.136. The first kappa shape index (κ1) is 27.8. The molecule has 0 saturated carbocycles. The van der Waals surface area contributed by atoms with E-state index in [-0.39, 0.29) is 5.82 Å². The molecule has 10 aromatic carbocycles. The van der Waals surface area contributed by atoms with Gasteiger partial charge in [-0.25, -0.2) is 4.39 Å². The highest BCUT2D eigenvalue weighted by molar-refractivity contribution is 6.28. The Morgan fingerprint density at radius 2 is 0.653 bits per heavy atom. The third-order valence-corrected chi connectivity index (χ3v) is 10.3. The molecule has 228 valence electrons. The van der Waals surface area contributed by atoms with Gasteiger partial charge in [0, 0.05) is 0 Å². The van der Waals surface area contributed by atoms with Crippen LogP contribution in [-0.4, -0.2) is 0 Å². The minimum Gasteiger partial charge on any atom is -0.207 e. The van der Waals surface area contributed by atoms with Crippen LogP contribution in [0.4, 0.5) is 4.39 Å². The van der Waals surface area contributed by atoms with Gasteiger partial charge in [-0.2, -0.15) is 0 Å². The van der Waals surface area contributed by atoms with E-state index in [4.69, 9.17) is 0 Å². The molecule has 1 heteroatoms. The molecular formula is C48H29F. The summed E-state index contributed by atoms with van der Waals surface area (Å²) < 4.78 is 14.1. The highest BCUT2D eigenvalue weighted by Crippen LogP contribution is 2.49. The Hall–Kier alpha value is -6.31. The maximum absolute atomic E-state index is 14.1. The van der Waals surface area contributed by atoms with Crippen molar-refractivity contribution in [2.24, 2.45) is 0 Å².